The first-order valence-electron chi connectivity index (χ1n) is 5.90. The maximum atomic E-state index is 9.97. The van der Waals surface area contributed by atoms with Gasteiger partial charge in [-0.15, -0.1) is 0 Å². The standard InChI is InChI=1S/C13H17NO/c15-12-5-1-3-9-6-7-11-10(13(9)12)4-2-8-14-11/h1,3,5,10-11,14-15H,2,4,6-8H2. The minimum atomic E-state index is 0.505. The zero-order valence-corrected chi connectivity index (χ0v) is 8.87. The Morgan fingerprint density at radius 2 is 2.20 bits per heavy atom. The quantitative estimate of drug-likeness (QED) is 0.677. The van der Waals surface area contributed by atoms with Gasteiger partial charge >= 0.3 is 0 Å². The number of fused-ring (bicyclic) bond motifs is 3. The van der Waals surface area contributed by atoms with Gasteiger partial charge in [0.15, 0.2) is 0 Å². The van der Waals surface area contributed by atoms with Crippen molar-refractivity contribution in [3.05, 3.63) is 29.3 Å². The maximum absolute atomic E-state index is 9.97. The van der Waals surface area contributed by atoms with E-state index < -0.39 is 0 Å². The zero-order chi connectivity index (χ0) is 10.3. The van der Waals surface area contributed by atoms with Crippen molar-refractivity contribution in [2.45, 2.75) is 37.6 Å². The largest absolute Gasteiger partial charge is 0.508 e. The maximum Gasteiger partial charge on any atom is 0.119 e. The van der Waals surface area contributed by atoms with Crippen LogP contribution in [-0.2, 0) is 6.42 Å². The Kier molecular flexibility index (Phi) is 2.17. The molecule has 15 heavy (non-hydrogen) atoms. The first-order chi connectivity index (χ1) is 7.36. The summed E-state index contributed by atoms with van der Waals surface area (Å²) in [6, 6.07) is 6.56. The number of phenolic OH excluding ortho intramolecular Hbond substituents is 1. The third kappa shape index (κ3) is 1.44. The van der Waals surface area contributed by atoms with Gasteiger partial charge in [0.05, 0.1) is 0 Å². The van der Waals surface area contributed by atoms with Crippen molar-refractivity contribution in [1.82, 2.24) is 5.32 Å². The molecule has 1 aromatic rings. The van der Waals surface area contributed by atoms with E-state index in [9.17, 15) is 5.11 Å². The Morgan fingerprint density at radius 1 is 1.27 bits per heavy atom. The molecule has 0 aromatic heterocycles. The molecule has 1 heterocycles. The van der Waals surface area contributed by atoms with Gasteiger partial charge in [0.2, 0.25) is 0 Å². The number of hydrogen-bond acceptors (Lipinski definition) is 2. The number of aryl methyl sites for hydroxylation is 1. The molecule has 0 spiro atoms. The third-order valence-electron chi connectivity index (χ3n) is 3.85. The van der Waals surface area contributed by atoms with Crippen LogP contribution < -0.4 is 5.32 Å². The highest BCUT2D eigenvalue weighted by Gasteiger charge is 2.32. The van der Waals surface area contributed by atoms with E-state index in [4.69, 9.17) is 0 Å². The van der Waals surface area contributed by atoms with E-state index in [2.05, 4.69) is 11.4 Å². The van der Waals surface area contributed by atoms with E-state index in [0.717, 1.165) is 13.0 Å². The van der Waals surface area contributed by atoms with Crippen molar-refractivity contribution in [3.8, 4) is 5.75 Å². The molecule has 0 amide bonds. The molecule has 1 aromatic carbocycles. The molecule has 2 heteroatoms. The minimum absolute atomic E-state index is 0.505. The molecular formula is C13H17NO. The molecule has 3 rings (SSSR count). The van der Waals surface area contributed by atoms with Crippen LogP contribution in [0.25, 0.3) is 0 Å². The minimum Gasteiger partial charge on any atom is -0.508 e. The third-order valence-corrected chi connectivity index (χ3v) is 3.85. The summed E-state index contributed by atoms with van der Waals surface area (Å²) >= 11 is 0. The Balaban J connectivity index is 2.05. The first kappa shape index (κ1) is 9.22. The van der Waals surface area contributed by atoms with Crippen LogP contribution in [0.3, 0.4) is 0 Å². The van der Waals surface area contributed by atoms with Crippen LogP contribution in [-0.4, -0.2) is 17.7 Å². The Hall–Kier alpha value is -1.02. The molecule has 1 aliphatic carbocycles. The van der Waals surface area contributed by atoms with Gasteiger partial charge in [0.25, 0.3) is 0 Å². The van der Waals surface area contributed by atoms with E-state index in [1.807, 2.05) is 12.1 Å². The fourth-order valence-electron chi connectivity index (χ4n) is 3.16. The lowest BCUT2D eigenvalue weighted by molar-refractivity contribution is 0.310. The van der Waals surface area contributed by atoms with E-state index in [0.29, 0.717) is 17.7 Å². The molecule has 2 atom stereocenters. The van der Waals surface area contributed by atoms with E-state index in [-0.39, 0.29) is 0 Å². The molecule has 2 nitrogen and oxygen atoms in total. The fraction of sp³-hybridized carbons (Fsp3) is 0.538. The second kappa shape index (κ2) is 3.53. The Bertz CT molecular complexity index is 375. The predicted molar refractivity (Wildman–Crippen MR) is 60.2 cm³/mol. The molecular weight excluding hydrogens is 186 g/mol. The van der Waals surface area contributed by atoms with Crippen molar-refractivity contribution in [2.24, 2.45) is 0 Å². The normalized spacial score (nSPS) is 29.3. The predicted octanol–water partition coefficient (Wildman–Crippen LogP) is 2.17. The summed E-state index contributed by atoms with van der Waals surface area (Å²) < 4.78 is 0. The van der Waals surface area contributed by atoms with Gasteiger partial charge in [-0.2, -0.15) is 0 Å². The van der Waals surface area contributed by atoms with E-state index >= 15 is 0 Å². The lowest BCUT2D eigenvalue weighted by atomic mass is 9.75. The number of piperidine rings is 1. The number of hydrogen-bond donors (Lipinski definition) is 2. The van der Waals surface area contributed by atoms with Crippen LogP contribution >= 0.6 is 0 Å². The Morgan fingerprint density at radius 3 is 3.13 bits per heavy atom. The Labute approximate surface area is 90.3 Å². The van der Waals surface area contributed by atoms with E-state index in [1.54, 1.807) is 0 Å². The molecule has 2 N–H and O–H groups in total. The molecule has 0 bridgehead atoms. The van der Waals surface area contributed by atoms with Gasteiger partial charge in [0, 0.05) is 17.5 Å². The summed E-state index contributed by atoms with van der Waals surface area (Å²) in [7, 11) is 0. The highest BCUT2D eigenvalue weighted by molar-refractivity contribution is 5.44. The molecule has 0 saturated carbocycles. The van der Waals surface area contributed by atoms with E-state index in [1.165, 1.54) is 30.4 Å². The monoisotopic (exact) mass is 203 g/mol. The van der Waals surface area contributed by atoms with Crippen molar-refractivity contribution < 1.29 is 5.11 Å². The smallest absolute Gasteiger partial charge is 0.119 e. The molecule has 80 valence electrons. The average molecular weight is 203 g/mol. The van der Waals surface area contributed by atoms with Gasteiger partial charge in [-0.05, 0) is 43.9 Å². The molecule has 0 radical (unpaired) electrons. The van der Waals surface area contributed by atoms with Crippen LogP contribution in [0.2, 0.25) is 0 Å². The van der Waals surface area contributed by atoms with Crippen molar-refractivity contribution in [1.29, 1.82) is 0 Å². The van der Waals surface area contributed by atoms with Gasteiger partial charge in [-0.25, -0.2) is 0 Å². The molecule has 2 unspecified atom stereocenters. The van der Waals surface area contributed by atoms with Crippen molar-refractivity contribution >= 4 is 0 Å². The highest BCUT2D eigenvalue weighted by atomic mass is 16.3. The van der Waals surface area contributed by atoms with Gasteiger partial charge in [0.1, 0.15) is 5.75 Å². The van der Waals surface area contributed by atoms with Crippen molar-refractivity contribution in [2.75, 3.05) is 6.54 Å². The summed E-state index contributed by atoms with van der Waals surface area (Å²) in [5, 5.41) is 13.5. The number of aromatic hydroxyl groups is 1. The number of phenols is 1. The van der Waals surface area contributed by atoms with Crippen LogP contribution in [0.5, 0.6) is 5.75 Å². The molecule has 2 aliphatic rings. The number of benzene rings is 1. The first-order valence-corrected chi connectivity index (χ1v) is 5.90. The summed E-state index contributed by atoms with van der Waals surface area (Å²) in [4.78, 5) is 0. The molecule has 1 aliphatic heterocycles. The van der Waals surface area contributed by atoms with Gasteiger partial charge in [-0.3, -0.25) is 0 Å². The second-order valence-electron chi connectivity index (χ2n) is 4.70. The summed E-state index contributed by atoms with van der Waals surface area (Å²) in [5.74, 6) is 1.05. The highest BCUT2D eigenvalue weighted by Crippen LogP contribution is 2.41. The lowest BCUT2D eigenvalue weighted by Gasteiger charge is -2.38. The average Bonchev–Trinajstić information content (AvgIpc) is 2.29. The summed E-state index contributed by atoms with van der Waals surface area (Å²) in [6.07, 6.45) is 4.79. The van der Waals surface area contributed by atoms with Crippen LogP contribution in [0, 0.1) is 0 Å². The molecule has 1 saturated heterocycles. The van der Waals surface area contributed by atoms with Crippen LogP contribution in [0.15, 0.2) is 18.2 Å². The number of nitrogens with one attached hydrogen (secondary N) is 1. The lowest BCUT2D eigenvalue weighted by Crippen LogP contribution is -2.42. The second-order valence-corrected chi connectivity index (χ2v) is 4.70. The number of rotatable bonds is 0. The zero-order valence-electron chi connectivity index (χ0n) is 8.87. The summed E-state index contributed by atoms with van der Waals surface area (Å²) in [6.45, 7) is 1.14. The van der Waals surface area contributed by atoms with Crippen LogP contribution in [0.4, 0.5) is 0 Å². The van der Waals surface area contributed by atoms with Crippen LogP contribution in [0.1, 0.15) is 36.3 Å². The van der Waals surface area contributed by atoms with Gasteiger partial charge < -0.3 is 10.4 Å². The van der Waals surface area contributed by atoms with Crippen molar-refractivity contribution in [3.63, 3.8) is 0 Å². The topological polar surface area (TPSA) is 32.3 Å². The van der Waals surface area contributed by atoms with Gasteiger partial charge in [-0.1, -0.05) is 12.1 Å². The fourth-order valence-corrected chi connectivity index (χ4v) is 3.16. The molecule has 1 fully saturated rings. The SMILES string of the molecule is Oc1cccc2c1C1CCCNC1CC2. The summed E-state index contributed by atoms with van der Waals surface area (Å²) in [5.41, 5.74) is 2.58.